The Hall–Kier alpha value is -4.02. The molecule has 2 aromatic carbocycles. The molecule has 156 valence electrons. The molecule has 1 aromatic heterocycles. The van der Waals surface area contributed by atoms with E-state index in [1.54, 1.807) is 0 Å². The van der Waals surface area contributed by atoms with E-state index in [1.807, 2.05) is 31.2 Å². The predicted molar refractivity (Wildman–Crippen MR) is 101 cm³/mol. The summed E-state index contributed by atoms with van der Waals surface area (Å²) in [5, 5.41) is 13.0. The van der Waals surface area contributed by atoms with Gasteiger partial charge in [-0.25, -0.2) is 13.7 Å². The van der Waals surface area contributed by atoms with E-state index in [0.717, 1.165) is 34.2 Å². The van der Waals surface area contributed by atoms with Crippen molar-refractivity contribution >= 4 is 17.5 Å². The second-order valence-corrected chi connectivity index (χ2v) is 7.18. The van der Waals surface area contributed by atoms with Crippen LogP contribution in [0.2, 0.25) is 0 Å². The number of fused-ring (bicyclic) bond motifs is 1. The maximum absolute atomic E-state index is 13.6. The molecular weight excluding hydrogens is 410 g/mol. The molecule has 2 aliphatic heterocycles. The molecule has 11 heteroatoms. The van der Waals surface area contributed by atoms with E-state index >= 15 is 0 Å². The van der Waals surface area contributed by atoms with Crippen LogP contribution >= 0.6 is 0 Å². The Kier molecular flexibility index (Phi) is 4.31. The summed E-state index contributed by atoms with van der Waals surface area (Å²) in [6, 6.07) is 8.24. The number of hydrogen-bond donors (Lipinski definition) is 0. The van der Waals surface area contributed by atoms with Crippen LogP contribution in [0.4, 0.5) is 14.5 Å². The van der Waals surface area contributed by atoms with Crippen LogP contribution in [0, 0.1) is 18.6 Å². The first-order valence-electron chi connectivity index (χ1n) is 9.32. The third kappa shape index (κ3) is 3.14. The summed E-state index contributed by atoms with van der Waals surface area (Å²) in [6.45, 7) is 1.89. The van der Waals surface area contributed by atoms with Gasteiger partial charge in [-0.1, -0.05) is 34.1 Å². The first kappa shape index (κ1) is 19.0. The summed E-state index contributed by atoms with van der Waals surface area (Å²) in [4.78, 5) is 30.7. The Labute approximate surface area is 173 Å². The largest absolute Gasteiger partial charge is 0.337 e. The zero-order chi connectivity index (χ0) is 21.7. The number of halogens is 2. The van der Waals surface area contributed by atoms with Crippen LogP contribution < -0.4 is 4.90 Å². The minimum Gasteiger partial charge on any atom is -0.337 e. The van der Waals surface area contributed by atoms with E-state index in [0.29, 0.717) is 5.82 Å². The fourth-order valence-electron chi connectivity index (χ4n) is 3.59. The number of imide groups is 1. The Bertz CT molecular complexity index is 1240. The highest BCUT2D eigenvalue weighted by atomic mass is 19.2. The molecule has 3 heterocycles. The molecule has 2 aliphatic rings. The quantitative estimate of drug-likeness (QED) is 0.597. The smallest absolute Gasteiger partial charge is 0.263 e. The van der Waals surface area contributed by atoms with Crippen LogP contribution in [0.25, 0.3) is 11.4 Å². The van der Waals surface area contributed by atoms with E-state index in [1.165, 1.54) is 5.01 Å². The van der Waals surface area contributed by atoms with Crippen LogP contribution in [-0.2, 0) is 16.1 Å². The van der Waals surface area contributed by atoms with E-state index in [4.69, 9.17) is 4.52 Å². The van der Waals surface area contributed by atoms with Crippen LogP contribution in [0.3, 0.4) is 0 Å². The average Bonchev–Trinajstić information content (AvgIpc) is 3.43. The number of carbonyl (C=O) groups excluding carboxylic acids is 2. The Morgan fingerprint density at radius 2 is 1.90 bits per heavy atom. The van der Waals surface area contributed by atoms with Crippen molar-refractivity contribution < 1.29 is 22.9 Å². The minimum atomic E-state index is -1.16. The van der Waals surface area contributed by atoms with Crippen molar-refractivity contribution in [3.05, 3.63) is 65.6 Å². The number of anilines is 1. The summed E-state index contributed by atoms with van der Waals surface area (Å²) in [5.41, 5.74) is 1.73. The van der Waals surface area contributed by atoms with Crippen molar-refractivity contribution in [2.45, 2.75) is 25.6 Å². The monoisotopic (exact) mass is 424 g/mol. The van der Waals surface area contributed by atoms with Crippen LogP contribution in [0.5, 0.6) is 0 Å². The van der Waals surface area contributed by atoms with E-state index in [9.17, 15) is 18.4 Å². The number of hydrogen-bond acceptors (Lipinski definition) is 8. The molecule has 1 saturated heterocycles. The van der Waals surface area contributed by atoms with Crippen LogP contribution in [0.15, 0.2) is 57.3 Å². The maximum atomic E-state index is 13.6. The van der Waals surface area contributed by atoms with Gasteiger partial charge in [-0.15, -0.1) is 0 Å². The molecule has 0 unspecified atom stereocenters. The SMILES string of the molecule is Cc1cccc(-c2noc(CN3N=N[C@H]4C(=O)N(c5ccc(F)c(F)c5)C(=O)[C@@H]43)n2)c1. The van der Waals surface area contributed by atoms with Crippen LogP contribution in [0.1, 0.15) is 11.5 Å². The molecule has 0 spiro atoms. The first-order chi connectivity index (χ1) is 14.9. The van der Waals surface area contributed by atoms with Gasteiger partial charge in [-0.3, -0.25) is 14.6 Å². The second-order valence-electron chi connectivity index (χ2n) is 7.18. The third-order valence-electron chi connectivity index (χ3n) is 5.06. The molecule has 1 fully saturated rings. The number of aryl methyl sites for hydroxylation is 1. The van der Waals surface area contributed by atoms with Gasteiger partial charge in [-0.05, 0) is 25.1 Å². The molecule has 9 nitrogen and oxygen atoms in total. The highest BCUT2D eigenvalue weighted by molar-refractivity contribution is 6.25. The van der Waals surface area contributed by atoms with Crippen molar-refractivity contribution in [3.8, 4) is 11.4 Å². The van der Waals surface area contributed by atoms with Gasteiger partial charge in [-0.2, -0.15) is 10.1 Å². The molecule has 2 atom stereocenters. The normalized spacial score (nSPS) is 20.1. The van der Waals surface area contributed by atoms with Crippen molar-refractivity contribution in [1.29, 1.82) is 0 Å². The zero-order valence-electron chi connectivity index (χ0n) is 16.1. The molecule has 0 bridgehead atoms. The first-order valence-corrected chi connectivity index (χ1v) is 9.32. The lowest BCUT2D eigenvalue weighted by molar-refractivity contribution is -0.123. The van der Waals surface area contributed by atoms with Gasteiger partial charge in [0.15, 0.2) is 23.7 Å². The molecule has 3 aromatic rings. The van der Waals surface area contributed by atoms with Gasteiger partial charge < -0.3 is 4.52 Å². The molecule has 0 saturated carbocycles. The number of nitrogens with zero attached hydrogens (tertiary/aromatic N) is 6. The fraction of sp³-hybridized carbons (Fsp3) is 0.200. The fourth-order valence-corrected chi connectivity index (χ4v) is 3.59. The van der Waals surface area contributed by atoms with E-state index < -0.39 is 35.5 Å². The number of rotatable bonds is 4. The number of amides is 2. The molecule has 0 aliphatic carbocycles. The van der Waals surface area contributed by atoms with Gasteiger partial charge in [0.25, 0.3) is 11.8 Å². The highest BCUT2D eigenvalue weighted by Gasteiger charge is 2.55. The zero-order valence-corrected chi connectivity index (χ0v) is 16.1. The third-order valence-corrected chi connectivity index (χ3v) is 5.06. The van der Waals surface area contributed by atoms with Crippen LogP contribution in [-0.4, -0.2) is 39.0 Å². The summed E-state index contributed by atoms with van der Waals surface area (Å²) in [5.74, 6) is -3.00. The summed E-state index contributed by atoms with van der Waals surface area (Å²) in [7, 11) is 0. The van der Waals surface area contributed by atoms with E-state index in [2.05, 4.69) is 20.5 Å². The average molecular weight is 424 g/mol. The van der Waals surface area contributed by atoms with Gasteiger partial charge in [0, 0.05) is 11.6 Å². The van der Waals surface area contributed by atoms with Crippen molar-refractivity contribution in [1.82, 2.24) is 15.1 Å². The minimum absolute atomic E-state index is 0.0475. The maximum Gasteiger partial charge on any atom is 0.263 e. The summed E-state index contributed by atoms with van der Waals surface area (Å²) >= 11 is 0. The van der Waals surface area contributed by atoms with Crippen molar-refractivity contribution in [2.24, 2.45) is 10.3 Å². The summed E-state index contributed by atoms with van der Waals surface area (Å²) < 4.78 is 32.1. The summed E-state index contributed by atoms with van der Waals surface area (Å²) in [6.07, 6.45) is 0. The number of carbonyl (C=O) groups is 2. The number of aromatic nitrogens is 2. The molecule has 0 N–H and O–H groups in total. The Morgan fingerprint density at radius 3 is 2.68 bits per heavy atom. The Morgan fingerprint density at radius 1 is 1.06 bits per heavy atom. The lowest BCUT2D eigenvalue weighted by Gasteiger charge is -2.19. The highest BCUT2D eigenvalue weighted by Crippen LogP contribution is 2.33. The van der Waals surface area contributed by atoms with Gasteiger partial charge in [0.1, 0.15) is 6.54 Å². The standard InChI is InChI=1S/C20H14F2N6O3/c1-10-3-2-4-11(7-10)18-23-15(31-25-18)9-27-17-16(24-26-27)19(29)28(20(17)30)12-5-6-13(21)14(22)8-12/h2-8,16-17H,9H2,1H3/t16-,17-/m1/s1. The lowest BCUT2D eigenvalue weighted by Crippen LogP contribution is -2.39. The van der Waals surface area contributed by atoms with Gasteiger partial charge >= 0.3 is 0 Å². The predicted octanol–water partition coefficient (Wildman–Crippen LogP) is 2.82. The molecule has 5 rings (SSSR count). The molecule has 31 heavy (non-hydrogen) atoms. The van der Waals surface area contributed by atoms with Crippen molar-refractivity contribution in [3.63, 3.8) is 0 Å². The Balaban J connectivity index is 1.37. The molecule has 0 radical (unpaired) electrons. The van der Waals surface area contributed by atoms with Crippen molar-refractivity contribution in [2.75, 3.05) is 4.90 Å². The van der Waals surface area contributed by atoms with Gasteiger partial charge in [0.05, 0.1) is 5.69 Å². The topological polar surface area (TPSA) is 104 Å². The van der Waals surface area contributed by atoms with Gasteiger partial charge in [0.2, 0.25) is 11.7 Å². The lowest BCUT2D eigenvalue weighted by atomic mass is 10.1. The molecular formula is C20H14F2N6O3. The number of benzene rings is 2. The molecule has 2 amide bonds. The second kappa shape index (κ2) is 7.04. The van der Waals surface area contributed by atoms with E-state index in [-0.39, 0.29) is 18.1 Å².